The fourth-order valence-corrected chi connectivity index (χ4v) is 3.05. The highest BCUT2D eigenvalue weighted by atomic mass is 16.5. The minimum Gasteiger partial charge on any atom is -0.347 e. The average Bonchev–Trinajstić information content (AvgIpc) is 2.67. The first-order valence-electron chi connectivity index (χ1n) is 6.68. The molecule has 1 aliphatic heterocycles. The molecule has 0 spiro atoms. The number of allylic oxidation sites excluding steroid dienone is 1. The maximum absolute atomic E-state index is 11.7. The van der Waals surface area contributed by atoms with Gasteiger partial charge in [0.2, 0.25) is 5.43 Å². The van der Waals surface area contributed by atoms with Crippen molar-refractivity contribution in [3.05, 3.63) is 61.5 Å². The van der Waals surface area contributed by atoms with E-state index in [1.165, 1.54) is 0 Å². The van der Waals surface area contributed by atoms with Gasteiger partial charge >= 0.3 is 0 Å². The minimum atomic E-state index is -0.680. The summed E-state index contributed by atoms with van der Waals surface area (Å²) in [5.74, 6) is 0. The van der Waals surface area contributed by atoms with Crippen LogP contribution in [0.3, 0.4) is 0 Å². The molecule has 0 aliphatic carbocycles. The van der Waals surface area contributed by atoms with Gasteiger partial charge in [0.15, 0.2) is 0 Å². The summed E-state index contributed by atoms with van der Waals surface area (Å²) in [7, 11) is 1.93. The van der Waals surface area contributed by atoms with Crippen LogP contribution in [-0.4, -0.2) is 12.3 Å². The molecule has 0 atom stereocenters. The first kappa shape index (κ1) is 13.6. The molecule has 0 radical (unpaired) electrons. The van der Waals surface area contributed by atoms with Gasteiger partial charge in [-0.05, 0) is 17.7 Å². The van der Waals surface area contributed by atoms with Crippen molar-refractivity contribution >= 4 is 17.5 Å². The third-order valence-electron chi connectivity index (χ3n) is 4.28. The lowest BCUT2D eigenvalue weighted by atomic mass is 9.83. The summed E-state index contributed by atoms with van der Waals surface area (Å²) < 4.78 is 0. The lowest BCUT2D eigenvalue weighted by Crippen LogP contribution is -2.37. The fraction of sp³-hybridized carbons (Fsp3) is 0.250. The molecule has 2 N–H and O–H groups in total. The van der Waals surface area contributed by atoms with Crippen LogP contribution in [0.2, 0.25) is 0 Å². The molecule has 1 heterocycles. The topological polar surface area (TPSA) is 69.6 Å². The van der Waals surface area contributed by atoms with Gasteiger partial charge < -0.3 is 4.90 Å². The van der Waals surface area contributed by atoms with Gasteiger partial charge in [-0.2, -0.15) is 0 Å². The van der Waals surface area contributed by atoms with E-state index in [1.807, 2.05) is 35.6 Å². The molecule has 3 rings (SSSR count). The predicted octanol–water partition coefficient (Wildman–Crippen LogP) is 1.85. The van der Waals surface area contributed by atoms with E-state index in [1.54, 1.807) is 6.08 Å². The number of hydrogen-bond donors (Lipinski definition) is 2. The molecule has 2 aromatic rings. The van der Waals surface area contributed by atoms with Gasteiger partial charge in [0.05, 0.1) is 5.56 Å². The lowest BCUT2D eigenvalue weighted by molar-refractivity contribution is 0.387. The van der Waals surface area contributed by atoms with Crippen LogP contribution >= 0.6 is 0 Å². The molecular formula is C16H16N2O3. The number of hydrogen-bond acceptors (Lipinski definition) is 5. The van der Waals surface area contributed by atoms with Gasteiger partial charge in [-0.15, -0.1) is 0 Å². The highest BCUT2D eigenvalue weighted by Gasteiger charge is 2.38. The van der Waals surface area contributed by atoms with Crippen LogP contribution in [-0.2, 0) is 5.41 Å². The molecular weight excluding hydrogens is 268 g/mol. The molecule has 5 nitrogen and oxygen atoms in total. The quantitative estimate of drug-likeness (QED) is 0.650. The number of likely N-dealkylation sites (N-methyl/N-ethyl adjacent to an activating group) is 1. The molecule has 21 heavy (non-hydrogen) atoms. The van der Waals surface area contributed by atoms with Crippen LogP contribution in [0.4, 0.5) is 11.4 Å². The molecule has 0 fully saturated rings. The Hall–Kier alpha value is -2.40. The molecule has 1 aliphatic rings. The molecule has 0 bridgehead atoms. The Morgan fingerprint density at radius 1 is 1.19 bits per heavy atom. The summed E-state index contributed by atoms with van der Waals surface area (Å²) in [4.78, 5) is 25.1. The van der Waals surface area contributed by atoms with Crippen molar-refractivity contribution in [2.75, 3.05) is 17.4 Å². The Balaban J connectivity index is 2.17. The highest BCUT2D eigenvalue weighted by molar-refractivity contribution is 5.79. The number of rotatable bonds is 2. The summed E-state index contributed by atoms with van der Waals surface area (Å²) in [5, 5.41) is 8.96. The summed E-state index contributed by atoms with van der Waals surface area (Å²) in [6, 6.07) is 8.02. The Morgan fingerprint density at radius 2 is 1.86 bits per heavy atom. The molecule has 5 heteroatoms. The summed E-state index contributed by atoms with van der Waals surface area (Å²) >= 11 is 0. The summed E-state index contributed by atoms with van der Waals surface area (Å²) in [6.07, 6.45) is 1.68. The Morgan fingerprint density at radius 3 is 2.48 bits per heavy atom. The van der Waals surface area contributed by atoms with Gasteiger partial charge in [-0.1, -0.05) is 32.0 Å². The average molecular weight is 284 g/mol. The SMILES string of the molecule is CN1C(=Cc2c(NO)c(=O)c2=O)C(C)(C)c2ccccc21. The van der Waals surface area contributed by atoms with Crippen LogP contribution < -0.4 is 21.2 Å². The molecule has 0 saturated heterocycles. The number of nitrogens with one attached hydrogen (secondary N) is 1. The standard InChI is InChI=1S/C16H16N2O3/c1-16(2)10-6-4-5-7-11(10)18(3)12(16)8-9-13(17-21)15(20)14(9)19/h4-8,17,21H,1-3H3. The highest BCUT2D eigenvalue weighted by Crippen LogP contribution is 2.47. The van der Waals surface area contributed by atoms with Gasteiger partial charge in [-0.3, -0.25) is 20.3 Å². The van der Waals surface area contributed by atoms with Crippen molar-refractivity contribution < 1.29 is 5.21 Å². The first-order valence-corrected chi connectivity index (χ1v) is 6.68. The van der Waals surface area contributed by atoms with E-state index in [4.69, 9.17) is 5.21 Å². The monoisotopic (exact) mass is 284 g/mol. The normalized spacial score (nSPS) is 18.3. The van der Waals surface area contributed by atoms with Gasteiger partial charge in [0.1, 0.15) is 5.69 Å². The third kappa shape index (κ3) is 1.67. The fourth-order valence-electron chi connectivity index (χ4n) is 3.05. The second-order valence-electron chi connectivity index (χ2n) is 5.79. The van der Waals surface area contributed by atoms with Gasteiger partial charge in [0, 0.05) is 23.8 Å². The van der Waals surface area contributed by atoms with Crippen molar-refractivity contribution in [2.24, 2.45) is 0 Å². The van der Waals surface area contributed by atoms with E-state index < -0.39 is 10.9 Å². The van der Waals surface area contributed by atoms with E-state index in [-0.39, 0.29) is 16.7 Å². The van der Waals surface area contributed by atoms with Crippen LogP contribution in [0.15, 0.2) is 39.6 Å². The largest absolute Gasteiger partial charge is 0.347 e. The number of nitrogens with zero attached hydrogens (tertiary/aromatic N) is 1. The number of anilines is 2. The van der Waals surface area contributed by atoms with Crippen molar-refractivity contribution in [1.29, 1.82) is 0 Å². The zero-order valence-corrected chi connectivity index (χ0v) is 12.1. The number of para-hydroxylation sites is 1. The van der Waals surface area contributed by atoms with Gasteiger partial charge in [0.25, 0.3) is 5.43 Å². The second kappa shape index (κ2) is 4.30. The summed E-state index contributed by atoms with van der Waals surface area (Å²) in [5.41, 5.74) is 3.62. The zero-order chi connectivity index (χ0) is 15.4. The maximum Gasteiger partial charge on any atom is 0.252 e. The van der Waals surface area contributed by atoms with E-state index >= 15 is 0 Å². The Labute approximate surface area is 121 Å². The van der Waals surface area contributed by atoms with Crippen LogP contribution in [0.5, 0.6) is 0 Å². The van der Waals surface area contributed by atoms with Crippen LogP contribution in [0, 0.1) is 0 Å². The second-order valence-corrected chi connectivity index (χ2v) is 5.79. The van der Waals surface area contributed by atoms with Crippen molar-refractivity contribution in [3.8, 4) is 0 Å². The number of fused-ring (bicyclic) bond motifs is 1. The maximum atomic E-state index is 11.7. The lowest BCUT2D eigenvalue weighted by Gasteiger charge is -2.24. The van der Waals surface area contributed by atoms with Crippen molar-refractivity contribution in [1.82, 2.24) is 0 Å². The zero-order valence-electron chi connectivity index (χ0n) is 12.1. The smallest absolute Gasteiger partial charge is 0.252 e. The Kier molecular flexibility index (Phi) is 2.78. The number of benzene rings is 1. The van der Waals surface area contributed by atoms with Crippen LogP contribution in [0.25, 0.3) is 6.08 Å². The predicted molar refractivity (Wildman–Crippen MR) is 82.6 cm³/mol. The van der Waals surface area contributed by atoms with E-state index in [2.05, 4.69) is 19.9 Å². The first-order chi connectivity index (χ1) is 9.89. The van der Waals surface area contributed by atoms with Crippen molar-refractivity contribution in [2.45, 2.75) is 19.3 Å². The molecule has 0 saturated carbocycles. The third-order valence-corrected chi connectivity index (χ3v) is 4.28. The molecule has 108 valence electrons. The summed E-state index contributed by atoms with van der Waals surface area (Å²) in [6.45, 7) is 4.14. The van der Waals surface area contributed by atoms with E-state index in [9.17, 15) is 9.59 Å². The van der Waals surface area contributed by atoms with Crippen LogP contribution in [0.1, 0.15) is 25.0 Å². The molecule has 0 aromatic heterocycles. The minimum absolute atomic E-state index is 0.0346. The molecule has 0 amide bonds. The van der Waals surface area contributed by atoms with E-state index in [0.29, 0.717) is 0 Å². The Bertz CT molecular complexity index is 826. The molecule has 2 aromatic carbocycles. The van der Waals surface area contributed by atoms with Crippen molar-refractivity contribution in [3.63, 3.8) is 0 Å². The van der Waals surface area contributed by atoms with Gasteiger partial charge in [-0.25, -0.2) is 0 Å². The molecule has 0 unspecified atom stereocenters. The van der Waals surface area contributed by atoms with E-state index in [0.717, 1.165) is 16.9 Å².